The summed E-state index contributed by atoms with van der Waals surface area (Å²) in [5.74, 6) is 0.202. The van der Waals surface area contributed by atoms with E-state index in [-0.39, 0.29) is 11.8 Å². The Morgan fingerprint density at radius 2 is 2.00 bits per heavy atom. The second-order valence-corrected chi connectivity index (χ2v) is 8.05. The van der Waals surface area contributed by atoms with Crippen molar-refractivity contribution in [1.29, 1.82) is 0 Å². The maximum absolute atomic E-state index is 12.9. The molecule has 3 rings (SSSR count). The molecule has 0 saturated heterocycles. The number of hydrogen-bond acceptors (Lipinski definition) is 5. The first-order valence-corrected chi connectivity index (χ1v) is 10.1. The molecule has 1 aromatic carbocycles. The molecule has 0 bridgehead atoms. The summed E-state index contributed by atoms with van der Waals surface area (Å²) in [4.78, 5) is 17.1. The highest BCUT2D eigenvalue weighted by Crippen LogP contribution is 2.35. The number of nitrogens with zero attached hydrogens (tertiary/aromatic N) is 1. The average molecular weight is 395 g/mol. The van der Waals surface area contributed by atoms with Crippen LogP contribution in [0.2, 0.25) is 5.02 Å². The summed E-state index contributed by atoms with van der Waals surface area (Å²) in [6.07, 6.45) is 4.58. The third-order valence-corrected chi connectivity index (χ3v) is 5.93. The molecular formula is C19H23ClN2O3S. The highest BCUT2D eigenvalue weighted by atomic mass is 35.5. The quantitative estimate of drug-likeness (QED) is 0.659. The predicted molar refractivity (Wildman–Crippen MR) is 104 cm³/mol. The number of carbonyl (C=O) groups is 1. The molecule has 1 amide bonds. The van der Waals surface area contributed by atoms with Gasteiger partial charge in [0, 0.05) is 10.4 Å². The highest BCUT2D eigenvalue weighted by Gasteiger charge is 2.27. The first-order chi connectivity index (χ1) is 12.6. The second-order valence-electron chi connectivity index (χ2n) is 6.76. The minimum atomic E-state index is -1.03. The van der Waals surface area contributed by atoms with E-state index in [2.05, 4.69) is 10.3 Å². The molecule has 3 N–H and O–H groups in total. The number of hydrogen-bond donors (Lipinski definition) is 3. The number of thiazole rings is 1. The molecule has 2 unspecified atom stereocenters. The van der Waals surface area contributed by atoms with Crippen molar-refractivity contribution in [3.63, 3.8) is 0 Å². The molecule has 0 spiro atoms. The Hall–Kier alpha value is -1.47. The van der Waals surface area contributed by atoms with Crippen LogP contribution in [0.1, 0.15) is 55.4 Å². The van der Waals surface area contributed by atoms with Crippen LogP contribution in [0.3, 0.4) is 0 Å². The van der Waals surface area contributed by atoms with E-state index < -0.39 is 12.7 Å². The van der Waals surface area contributed by atoms with Crippen molar-refractivity contribution in [2.45, 2.75) is 44.1 Å². The summed E-state index contributed by atoms with van der Waals surface area (Å²) in [7, 11) is 0. The van der Waals surface area contributed by atoms with Crippen LogP contribution in [0.15, 0.2) is 29.6 Å². The van der Waals surface area contributed by atoms with E-state index in [9.17, 15) is 9.90 Å². The van der Waals surface area contributed by atoms with Crippen LogP contribution in [0, 0.1) is 5.92 Å². The predicted octanol–water partition coefficient (Wildman–Crippen LogP) is 4.12. The lowest BCUT2D eigenvalue weighted by molar-refractivity contribution is -0.118. The maximum Gasteiger partial charge on any atom is 0.233 e. The molecule has 0 aliphatic heterocycles. The van der Waals surface area contributed by atoms with E-state index in [4.69, 9.17) is 16.7 Å². The molecule has 1 aliphatic carbocycles. The number of amides is 1. The SMILES string of the molecule is O=C(Nc1nc(C(O)CO)cs1)C(CC1CCCC1)c1ccc(Cl)cc1. The van der Waals surface area contributed by atoms with E-state index in [1.807, 2.05) is 24.3 Å². The zero-order valence-corrected chi connectivity index (χ0v) is 16.0. The van der Waals surface area contributed by atoms with Gasteiger partial charge in [0.05, 0.1) is 18.2 Å². The van der Waals surface area contributed by atoms with Crippen LogP contribution in [-0.2, 0) is 4.79 Å². The molecule has 2 atom stereocenters. The smallest absolute Gasteiger partial charge is 0.233 e. The van der Waals surface area contributed by atoms with Crippen molar-refractivity contribution < 1.29 is 15.0 Å². The lowest BCUT2D eigenvalue weighted by Gasteiger charge is -2.20. The molecule has 5 nitrogen and oxygen atoms in total. The first-order valence-electron chi connectivity index (χ1n) is 8.87. The Kier molecular flexibility index (Phi) is 6.64. The fourth-order valence-corrected chi connectivity index (χ4v) is 4.34. The van der Waals surface area contributed by atoms with Crippen LogP contribution >= 0.6 is 22.9 Å². The molecule has 140 valence electrons. The third kappa shape index (κ3) is 4.82. The molecule has 1 heterocycles. The van der Waals surface area contributed by atoms with Gasteiger partial charge in [0.15, 0.2) is 5.13 Å². The van der Waals surface area contributed by atoms with Crippen LogP contribution in [-0.4, -0.2) is 27.7 Å². The Morgan fingerprint density at radius 1 is 1.31 bits per heavy atom. The highest BCUT2D eigenvalue weighted by molar-refractivity contribution is 7.13. The van der Waals surface area contributed by atoms with E-state index in [0.29, 0.717) is 21.8 Å². The van der Waals surface area contributed by atoms with Crippen LogP contribution in [0.5, 0.6) is 0 Å². The van der Waals surface area contributed by atoms with Crippen molar-refractivity contribution in [2.75, 3.05) is 11.9 Å². The molecule has 1 aliphatic rings. The number of aliphatic hydroxyl groups excluding tert-OH is 2. The number of aliphatic hydroxyl groups is 2. The van der Waals surface area contributed by atoms with Gasteiger partial charge in [0.25, 0.3) is 0 Å². The minimum Gasteiger partial charge on any atom is -0.393 e. The van der Waals surface area contributed by atoms with Crippen molar-refractivity contribution in [3.05, 3.63) is 45.9 Å². The van der Waals surface area contributed by atoms with Gasteiger partial charge in [-0.15, -0.1) is 11.3 Å². The van der Waals surface area contributed by atoms with Gasteiger partial charge in [-0.1, -0.05) is 49.4 Å². The lowest BCUT2D eigenvalue weighted by Crippen LogP contribution is -2.23. The van der Waals surface area contributed by atoms with Gasteiger partial charge >= 0.3 is 0 Å². The number of benzene rings is 1. The van der Waals surface area contributed by atoms with Gasteiger partial charge in [-0.2, -0.15) is 0 Å². The summed E-state index contributed by atoms with van der Waals surface area (Å²) in [5.41, 5.74) is 1.32. The van der Waals surface area contributed by atoms with Crippen molar-refractivity contribution in [2.24, 2.45) is 5.92 Å². The summed E-state index contributed by atoms with van der Waals surface area (Å²) >= 11 is 7.23. The Morgan fingerprint density at radius 3 is 2.65 bits per heavy atom. The number of aromatic nitrogens is 1. The van der Waals surface area contributed by atoms with Crippen LogP contribution < -0.4 is 5.32 Å². The molecule has 26 heavy (non-hydrogen) atoms. The van der Waals surface area contributed by atoms with Crippen molar-refractivity contribution in [1.82, 2.24) is 4.98 Å². The topological polar surface area (TPSA) is 82.5 Å². The Labute approximate surface area is 162 Å². The second kappa shape index (κ2) is 8.95. The zero-order valence-electron chi connectivity index (χ0n) is 14.4. The summed E-state index contributed by atoms with van der Waals surface area (Å²) in [5, 5.41) is 24.3. The Balaban J connectivity index is 1.75. The van der Waals surface area contributed by atoms with Crippen molar-refractivity contribution >= 4 is 34.0 Å². The molecule has 2 aromatic rings. The fourth-order valence-electron chi connectivity index (χ4n) is 3.45. The van der Waals surface area contributed by atoms with Gasteiger partial charge in [-0.05, 0) is 30.0 Å². The molecule has 0 radical (unpaired) electrons. The summed E-state index contributed by atoms with van der Waals surface area (Å²) < 4.78 is 0. The van der Waals surface area contributed by atoms with Gasteiger partial charge in [-0.25, -0.2) is 4.98 Å². The van der Waals surface area contributed by atoms with Gasteiger partial charge in [-0.3, -0.25) is 4.79 Å². The summed E-state index contributed by atoms with van der Waals surface area (Å²) in [6, 6.07) is 7.44. The van der Waals surface area contributed by atoms with Crippen molar-refractivity contribution in [3.8, 4) is 0 Å². The standard InChI is InChI=1S/C19H23ClN2O3S/c20-14-7-5-13(6-8-14)15(9-12-3-1-2-4-12)18(25)22-19-21-16(11-26-19)17(24)10-23/h5-8,11-12,15,17,23-24H,1-4,9-10H2,(H,21,22,25). The normalized spacial score (nSPS) is 17.2. The van der Waals surface area contributed by atoms with E-state index >= 15 is 0 Å². The molecule has 1 fully saturated rings. The first kappa shape index (κ1) is 19.3. The molecule has 7 heteroatoms. The maximum atomic E-state index is 12.9. The van der Waals surface area contributed by atoms with Crippen LogP contribution in [0.4, 0.5) is 5.13 Å². The van der Waals surface area contributed by atoms with Gasteiger partial charge < -0.3 is 15.5 Å². The number of rotatable bonds is 7. The number of anilines is 1. The number of nitrogens with one attached hydrogen (secondary N) is 1. The average Bonchev–Trinajstić information content (AvgIpc) is 3.31. The largest absolute Gasteiger partial charge is 0.393 e. The number of carbonyl (C=O) groups excluding carboxylic acids is 1. The Bertz CT molecular complexity index is 729. The molecule has 1 aromatic heterocycles. The van der Waals surface area contributed by atoms with Crippen LogP contribution in [0.25, 0.3) is 0 Å². The van der Waals surface area contributed by atoms with Gasteiger partial charge in [0.2, 0.25) is 5.91 Å². The molecule has 1 saturated carbocycles. The number of halogens is 1. The van der Waals surface area contributed by atoms with E-state index in [1.54, 1.807) is 5.38 Å². The van der Waals surface area contributed by atoms with E-state index in [0.717, 1.165) is 12.0 Å². The zero-order chi connectivity index (χ0) is 18.5. The minimum absolute atomic E-state index is 0.0985. The molecular weight excluding hydrogens is 372 g/mol. The summed E-state index contributed by atoms with van der Waals surface area (Å²) in [6.45, 7) is -0.397. The third-order valence-electron chi connectivity index (χ3n) is 4.90. The lowest BCUT2D eigenvalue weighted by atomic mass is 9.87. The fraction of sp³-hybridized carbons (Fsp3) is 0.474. The van der Waals surface area contributed by atoms with E-state index in [1.165, 1.54) is 37.0 Å². The monoisotopic (exact) mass is 394 g/mol. The van der Waals surface area contributed by atoms with Gasteiger partial charge in [0.1, 0.15) is 6.10 Å².